The van der Waals surface area contributed by atoms with Gasteiger partial charge in [0.25, 0.3) is 5.91 Å². The Labute approximate surface area is 136 Å². The van der Waals surface area contributed by atoms with Crippen molar-refractivity contribution in [1.82, 2.24) is 5.32 Å². The topological polar surface area (TPSA) is 84.9 Å². The summed E-state index contributed by atoms with van der Waals surface area (Å²) in [6.07, 6.45) is 3.13. The van der Waals surface area contributed by atoms with Crippen molar-refractivity contribution in [2.24, 2.45) is 0 Å². The summed E-state index contributed by atoms with van der Waals surface area (Å²) in [6, 6.07) is 3.25. The number of rotatable bonds is 9. The van der Waals surface area contributed by atoms with Crippen LogP contribution in [0.1, 0.15) is 43.7 Å². The van der Waals surface area contributed by atoms with Gasteiger partial charge in [0.1, 0.15) is 0 Å². The zero-order chi connectivity index (χ0) is 17.2. The van der Waals surface area contributed by atoms with Crippen molar-refractivity contribution < 1.29 is 24.2 Å². The van der Waals surface area contributed by atoms with E-state index in [1.54, 1.807) is 12.1 Å². The molecule has 0 aromatic heterocycles. The number of hydrogen-bond acceptors (Lipinski definition) is 5. The smallest absolute Gasteiger partial charge is 0.306 e. The van der Waals surface area contributed by atoms with E-state index >= 15 is 0 Å². The van der Waals surface area contributed by atoms with E-state index in [0.29, 0.717) is 12.2 Å². The van der Waals surface area contributed by atoms with Crippen LogP contribution in [0.3, 0.4) is 0 Å². The van der Waals surface area contributed by atoms with Crippen LogP contribution in [0, 0.1) is 6.92 Å². The van der Waals surface area contributed by atoms with Gasteiger partial charge in [0, 0.05) is 13.0 Å². The monoisotopic (exact) mass is 323 g/mol. The van der Waals surface area contributed by atoms with Crippen LogP contribution in [-0.2, 0) is 20.9 Å². The number of amides is 1. The lowest BCUT2D eigenvalue weighted by molar-refractivity contribution is -0.148. The molecule has 0 saturated carbocycles. The molecule has 0 atom stereocenters. The highest BCUT2D eigenvalue weighted by atomic mass is 16.5. The van der Waals surface area contributed by atoms with Gasteiger partial charge in [-0.2, -0.15) is 0 Å². The zero-order valence-corrected chi connectivity index (χ0v) is 14.0. The number of methoxy groups -OCH3 is 1. The molecule has 0 unspecified atom stereocenters. The van der Waals surface area contributed by atoms with Gasteiger partial charge in [0.15, 0.2) is 18.1 Å². The average molecular weight is 323 g/mol. The van der Waals surface area contributed by atoms with Gasteiger partial charge in [-0.15, -0.1) is 0 Å². The normalized spacial score (nSPS) is 10.2. The quantitative estimate of drug-likeness (QED) is 0.538. The molecule has 0 fully saturated rings. The third-order valence-electron chi connectivity index (χ3n) is 3.46. The molecule has 6 nitrogen and oxygen atoms in total. The number of hydrogen-bond donors (Lipinski definition) is 2. The van der Waals surface area contributed by atoms with Crippen molar-refractivity contribution in [2.45, 2.75) is 46.1 Å². The minimum absolute atomic E-state index is 0.0566. The van der Waals surface area contributed by atoms with E-state index in [1.165, 1.54) is 7.11 Å². The number of unbranched alkanes of at least 4 members (excludes halogenated alkanes) is 2. The molecule has 6 heteroatoms. The van der Waals surface area contributed by atoms with Gasteiger partial charge in [-0.3, -0.25) is 9.59 Å². The molecule has 0 aliphatic heterocycles. The Morgan fingerprint density at radius 2 is 2.00 bits per heavy atom. The van der Waals surface area contributed by atoms with Crippen LogP contribution in [0.25, 0.3) is 0 Å². The molecule has 23 heavy (non-hydrogen) atoms. The first-order valence-corrected chi connectivity index (χ1v) is 7.76. The van der Waals surface area contributed by atoms with Crippen molar-refractivity contribution >= 4 is 11.9 Å². The van der Waals surface area contributed by atoms with E-state index in [0.717, 1.165) is 30.4 Å². The number of carbonyl (C=O) groups excluding carboxylic acids is 2. The minimum Gasteiger partial charge on any atom is -0.504 e. The fourth-order valence-corrected chi connectivity index (χ4v) is 2.05. The maximum atomic E-state index is 11.7. The van der Waals surface area contributed by atoms with Gasteiger partial charge < -0.3 is 19.9 Å². The second-order valence-electron chi connectivity index (χ2n) is 5.35. The number of aromatic hydroxyl groups is 1. The van der Waals surface area contributed by atoms with E-state index in [4.69, 9.17) is 9.47 Å². The number of aryl methyl sites for hydroxylation is 1. The molecule has 1 aromatic carbocycles. The molecule has 0 aliphatic rings. The minimum atomic E-state index is -0.361. The van der Waals surface area contributed by atoms with Crippen molar-refractivity contribution in [3.05, 3.63) is 23.3 Å². The van der Waals surface area contributed by atoms with Crippen molar-refractivity contribution in [3.8, 4) is 11.5 Å². The highest BCUT2D eigenvalue weighted by Crippen LogP contribution is 2.28. The third kappa shape index (κ3) is 6.59. The van der Waals surface area contributed by atoms with Crippen LogP contribution in [0.2, 0.25) is 0 Å². The summed E-state index contributed by atoms with van der Waals surface area (Å²) < 4.78 is 9.96. The summed E-state index contributed by atoms with van der Waals surface area (Å²) in [5, 5.41) is 12.3. The Morgan fingerprint density at radius 3 is 2.65 bits per heavy atom. The summed E-state index contributed by atoms with van der Waals surface area (Å²) in [4.78, 5) is 23.1. The highest BCUT2D eigenvalue weighted by Gasteiger charge is 2.10. The second-order valence-corrected chi connectivity index (χ2v) is 5.35. The van der Waals surface area contributed by atoms with Gasteiger partial charge in [-0.1, -0.05) is 19.8 Å². The van der Waals surface area contributed by atoms with Gasteiger partial charge in [-0.05, 0) is 36.6 Å². The number of benzene rings is 1. The zero-order valence-electron chi connectivity index (χ0n) is 14.0. The SMILES string of the molecule is CCCCCC(=O)OCC(=O)NCc1cc(OC)c(O)cc1C. The van der Waals surface area contributed by atoms with Crippen LogP contribution in [-0.4, -0.2) is 30.7 Å². The van der Waals surface area contributed by atoms with E-state index in [1.807, 2.05) is 6.92 Å². The Hall–Kier alpha value is -2.24. The molecular weight excluding hydrogens is 298 g/mol. The van der Waals surface area contributed by atoms with Gasteiger partial charge in [0.05, 0.1) is 7.11 Å². The molecule has 0 spiro atoms. The molecule has 1 amide bonds. The largest absolute Gasteiger partial charge is 0.504 e. The number of nitrogens with one attached hydrogen (secondary N) is 1. The predicted molar refractivity (Wildman–Crippen MR) is 86.3 cm³/mol. The van der Waals surface area contributed by atoms with Crippen molar-refractivity contribution in [2.75, 3.05) is 13.7 Å². The first-order valence-electron chi connectivity index (χ1n) is 7.76. The van der Waals surface area contributed by atoms with Crippen LogP contribution in [0.4, 0.5) is 0 Å². The van der Waals surface area contributed by atoms with Gasteiger partial charge >= 0.3 is 5.97 Å². The van der Waals surface area contributed by atoms with Crippen molar-refractivity contribution in [3.63, 3.8) is 0 Å². The van der Waals surface area contributed by atoms with E-state index < -0.39 is 0 Å². The number of esters is 1. The predicted octanol–water partition coefficient (Wildman–Crippen LogP) is 2.45. The van der Waals surface area contributed by atoms with Crippen LogP contribution >= 0.6 is 0 Å². The molecule has 0 aliphatic carbocycles. The molecule has 0 bridgehead atoms. The van der Waals surface area contributed by atoms with Crippen LogP contribution < -0.4 is 10.1 Å². The lowest BCUT2D eigenvalue weighted by atomic mass is 10.1. The Kier molecular flexibility index (Phi) is 7.94. The number of phenols is 1. The Balaban J connectivity index is 2.40. The van der Waals surface area contributed by atoms with Gasteiger partial charge in [0.2, 0.25) is 0 Å². The molecule has 128 valence electrons. The Morgan fingerprint density at radius 1 is 1.26 bits per heavy atom. The summed E-state index contributed by atoms with van der Waals surface area (Å²) in [5.74, 6) is -0.306. The summed E-state index contributed by atoms with van der Waals surface area (Å²) in [5.41, 5.74) is 1.66. The van der Waals surface area contributed by atoms with E-state index in [-0.39, 0.29) is 30.8 Å². The third-order valence-corrected chi connectivity index (χ3v) is 3.46. The first-order chi connectivity index (χ1) is 11.0. The standard InChI is InChI=1S/C17H25NO5/c1-4-5-6-7-17(21)23-11-16(20)18-10-13-9-15(22-3)14(19)8-12(13)2/h8-9,19H,4-7,10-11H2,1-3H3,(H,18,20). The summed E-state index contributed by atoms with van der Waals surface area (Å²) in [7, 11) is 1.46. The lowest BCUT2D eigenvalue weighted by Crippen LogP contribution is -2.28. The molecule has 2 N–H and O–H groups in total. The average Bonchev–Trinajstić information content (AvgIpc) is 2.52. The Bertz CT molecular complexity index is 542. The summed E-state index contributed by atoms with van der Waals surface area (Å²) in [6.45, 7) is 3.88. The second kappa shape index (κ2) is 9.71. The molecule has 0 heterocycles. The lowest BCUT2D eigenvalue weighted by Gasteiger charge is -2.11. The van der Waals surface area contributed by atoms with Gasteiger partial charge in [-0.25, -0.2) is 0 Å². The molecule has 0 saturated heterocycles. The van der Waals surface area contributed by atoms with Crippen molar-refractivity contribution in [1.29, 1.82) is 0 Å². The van der Waals surface area contributed by atoms with E-state index in [9.17, 15) is 14.7 Å². The number of ether oxygens (including phenoxy) is 2. The van der Waals surface area contributed by atoms with Crippen LogP contribution in [0.15, 0.2) is 12.1 Å². The maximum absolute atomic E-state index is 11.7. The summed E-state index contributed by atoms with van der Waals surface area (Å²) >= 11 is 0. The molecule has 1 aromatic rings. The maximum Gasteiger partial charge on any atom is 0.306 e. The fraction of sp³-hybridized carbons (Fsp3) is 0.529. The van der Waals surface area contributed by atoms with Crippen LogP contribution in [0.5, 0.6) is 11.5 Å². The van der Waals surface area contributed by atoms with E-state index in [2.05, 4.69) is 12.2 Å². The fourth-order valence-electron chi connectivity index (χ4n) is 2.05. The molecule has 0 radical (unpaired) electrons. The first kappa shape index (κ1) is 18.8. The highest BCUT2D eigenvalue weighted by molar-refractivity contribution is 5.80. The molecular formula is C17H25NO5. The molecule has 1 rings (SSSR count). The number of carbonyl (C=O) groups is 2. The number of phenolic OH excluding ortho intramolecular Hbond substituents is 1.